The second-order valence-electron chi connectivity index (χ2n) is 27.5. The van der Waals surface area contributed by atoms with Gasteiger partial charge in [0.05, 0.1) is 39.3 Å². The molecule has 1 saturated carbocycles. The minimum atomic E-state index is -1.87. The summed E-state index contributed by atoms with van der Waals surface area (Å²) in [5.74, 6) is -15.1. The van der Waals surface area contributed by atoms with Gasteiger partial charge < -0.3 is 100 Å². The van der Waals surface area contributed by atoms with Crippen molar-refractivity contribution in [3.8, 4) is 5.75 Å². The summed E-state index contributed by atoms with van der Waals surface area (Å²) < 4.78 is 0. The lowest BCUT2D eigenvalue weighted by Gasteiger charge is -2.30. The molecule has 2 aliphatic rings. The number of aliphatic carboxylic acids is 4. The topological polar surface area (TPSA) is 562 Å². The molecule has 1 aliphatic carbocycles. The Balaban J connectivity index is 1.24. The molecule has 36 nitrogen and oxygen atoms in total. The van der Waals surface area contributed by atoms with Crippen molar-refractivity contribution in [1.82, 2.24) is 67.5 Å². The van der Waals surface area contributed by atoms with Gasteiger partial charge in [-0.15, -0.1) is 0 Å². The van der Waals surface area contributed by atoms with E-state index in [0.29, 0.717) is 40.4 Å². The van der Waals surface area contributed by atoms with Gasteiger partial charge in [-0.25, -0.2) is 4.79 Å². The number of hydrogen-bond donors (Lipinski definition) is 19. The van der Waals surface area contributed by atoms with E-state index in [4.69, 9.17) is 11.5 Å². The molecule has 2 fully saturated rings. The SMILES string of the molecule is CC(C)C[C@H](NC(=O)[C@H](Cc1ccc(O)cc1)NC(=O)[C@@H](CCCN=C(N)N)NC(=O)[C@@H](CO)NC(=O)[C@H](Cc1ccccc1)NC(=O)[C@H](CC1CCCCC1)NC(=O)[C@H](CC(=O)O)NC(=O)CN1CCN(CC(=O)O)CCN(CC(=O)O)CC1)C(=O)N[C@@H](Cc1c[nH]c2ccccc12)C(=O)N[C@@H](CO)C(=O)O. The summed E-state index contributed by atoms with van der Waals surface area (Å²) in [4.78, 5) is 190. The van der Waals surface area contributed by atoms with E-state index >= 15 is 0 Å². The van der Waals surface area contributed by atoms with Crippen molar-refractivity contribution in [2.75, 3.05) is 78.7 Å². The number of nitrogens with one attached hydrogen (secondary N) is 10. The Kier molecular flexibility index (Phi) is 34.9. The number of phenols is 1. The summed E-state index contributed by atoms with van der Waals surface area (Å²) >= 11 is 0. The maximum Gasteiger partial charge on any atom is 0.328 e. The molecule has 9 atom stereocenters. The Hall–Kier alpha value is -10.8. The summed E-state index contributed by atoms with van der Waals surface area (Å²) in [6.45, 7) is 1.19. The Morgan fingerprint density at radius 3 is 1.46 bits per heavy atom. The number of carbonyl (C=O) groups excluding carboxylic acids is 9. The summed E-state index contributed by atoms with van der Waals surface area (Å²) in [5.41, 5.74) is 13.3. The fourth-order valence-electron chi connectivity index (χ4n) is 12.8. The second kappa shape index (κ2) is 43.7. The largest absolute Gasteiger partial charge is 0.508 e. The first-order chi connectivity index (χ1) is 51.5. The number of carboxylic acid groups (broad SMARTS) is 4. The predicted molar refractivity (Wildman–Crippen MR) is 391 cm³/mol. The number of aromatic hydroxyl groups is 1. The van der Waals surface area contributed by atoms with Crippen LogP contribution < -0.4 is 59.3 Å². The van der Waals surface area contributed by atoms with Crippen LogP contribution in [0.5, 0.6) is 5.75 Å². The number of amides is 9. The first-order valence-corrected chi connectivity index (χ1v) is 35.9. The van der Waals surface area contributed by atoms with E-state index in [-0.39, 0.29) is 127 Å². The van der Waals surface area contributed by atoms with Crippen LogP contribution in [-0.2, 0) is 81.6 Å². The molecule has 21 N–H and O–H groups in total. The zero-order valence-electron chi connectivity index (χ0n) is 60.5. The van der Waals surface area contributed by atoms with Crippen LogP contribution in [0.25, 0.3) is 10.9 Å². The number of aromatic amines is 1. The van der Waals surface area contributed by atoms with Crippen molar-refractivity contribution in [3.05, 3.63) is 102 Å². The van der Waals surface area contributed by atoms with Crippen molar-refractivity contribution >= 4 is 93.9 Å². The number of carbonyl (C=O) groups is 13. The third-order valence-corrected chi connectivity index (χ3v) is 18.4. The number of para-hydroxylation sites is 1. The molecule has 2 heterocycles. The molecule has 3 aromatic carbocycles. The molecular formula is C72H102N16O20. The van der Waals surface area contributed by atoms with Gasteiger partial charge >= 0.3 is 23.9 Å². The lowest BCUT2D eigenvalue weighted by atomic mass is 9.84. The van der Waals surface area contributed by atoms with Crippen LogP contribution in [0.1, 0.15) is 94.7 Å². The van der Waals surface area contributed by atoms with E-state index < -0.39 is 158 Å². The highest BCUT2D eigenvalue weighted by molar-refractivity contribution is 5.99. The summed E-state index contributed by atoms with van der Waals surface area (Å²) in [6, 6.07) is 6.33. The molecule has 0 bridgehead atoms. The van der Waals surface area contributed by atoms with Crippen LogP contribution in [0, 0.1) is 11.8 Å². The maximum absolute atomic E-state index is 14.9. The molecule has 1 saturated heterocycles. The van der Waals surface area contributed by atoms with Crippen LogP contribution >= 0.6 is 0 Å². The average Bonchev–Trinajstić information content (AvgIpc) is 1.73. The highest BCUT2D eigenvalue weighted by atomic mass is 16.4. The molecular weight excluding hydrogens is 1410 g/mol. The zero-order valence-corrected chi connectivity index (χ0v) is 60.5. The van der Waals surface area contributed by atoms with E-state index in [1.807, 2.05) is 0 Å². The Morgan fingerprint density at radius 2 is 0.935 bits per heavy atom. The number of aliphatic hydroxyl groups is 2. The predicted octanol–water partition coefficient (Wildman–Crippen LogP) is -3.03. The van der Waals surface area contributed by atoms with Crippen LogP contribution in [0.4, 0.5) is 0 Å². The van der Waals surface area contributed by atoms with Crippen LogP contribution in [-0.4, -0.2) is 271 Å². The van der Waals surface area contributed by atoms with Crippen molar-refractivity contribution in [1.29, 1.82) is 0 Å². The molecule has 0 radical (unpaired) electrons. The normalized spacial score (nSPS) is 16.4. The fraction of sp³-hybridized carbons (Fsp3) is 0.528. The van der Waals surface area contributed by atoms with Gasteiger partial charge in [-0.3, -0.25) is 77.2 Å². The van der Waals surface area contributed by atoms with E-state index in [2.05, 4.69) is 57.8 Å². The number of H-pyrrole nitrogens is 1. The third kappa shape index (κ3) is 29.5. The van der Waals surface area contributed by atoms with Crippen molar-refractivity contribution < 1.29 is 98.1 Å². The van der Waals surface area contributed by atoms with E-state index in [1.165, 1.54) is 24.3 Å². The number of nitrogens with two attached hydrogens (primary N) is 2. The number of guanidine groups is 1. The molecule has 590 valence electrons. The monoisotopic (exact) mass is 1510 g/mol. The van der Waals surface area contributed by atoms with Gasteiger partial charge in [-0.05, 0) is 72.4 Å². The number of benzene rings is 3. The number of aromatic nitrogens is 1. The molecule has 4 aromatic rings. The van der Waals surface area contributed by atoms with Crippen LogP contribution in [0.2, 0.25) is 0 Å². The van der Waals surface area contributed by atoms with Crippen LogP contribution in [0.15, 0.2) is 90.1 Å². The zero-order chi connectivity index (χ0) is 79.0. The average molecular weight is 1510 g/mol. The lowest BCUT2D eigenvalue weighted by molar-refractivity contribution is -0.143. The summed E-state index contributed by atoms with van der Waals surface area (Å²) in [6.07, 6.45) is 3.33. The number of rotatable bonds is 42. The molecule has 0 spiro atoms. The van der Waals surface area contributed by atoms with E-state index in [9.17, 15) is 98.1 Å². The number of aliphatic hydroxyl groups excluding tert-OH is 2. The minimum absolute atomic E-state index is 0.00365. The quantitative estimate of drug-likeness (QED) is 0.0119. The number of aliphatic imine (C=N–C) groups is 1. The molecule has 1 aromatic heterocycles. The Bertz CT molecular complexity index is 3710. The van der Waals surface area contributed by atoms with Crippen molar-refractivity contribution in [2.45, 2.75) is 152 Å². The smallest absolute Gasteiger partial charge is 0.328 e. The standard InChI is InChI=1S/C72H102N16O20/c1-42(2)30-51(64(100)83-55(68(104)85-58(41-90)71(107)108)34-46-36-76-49-17-10-9-16-48(46)49)79-65(101)54(33-45-19-21-47(91)22-20-45)80-63(99)50(18-11-23-75-72(73)74)78-70(106)57(40-89)84-67(103)53(32-44-14-7-4-8-15-44)81-66(102)52(31-43-12-5-3-6-13-43)82-69(105)56(35-60(93)94)77-59(92)37-86-24-26-87(38-61(95)96)28-29-88(27-25-86)39-62(97)98/h4,7-10,14-17,19-22,36,42-43,50-58,76,89-91H,3,5-6,11-13,18,23-35,37-41H2,1-2H3,(H,77,92)(H,78,106)(H,79,101)(H,80,99)(H,81,102)(H,82,105)(H,83,100)(H,84,103)(H,85,104)(H,93,94)(H,95,96)(H,97,98)(H,107,108)(H4,73,74,75)/t50-,51+,52+,53+,54+,55+,56+,57-,58+/m1/s1. The maximum atomic E-state index is 14.9. The van der Waals surface area contributed by atoms with Crippen molar-refractivity contribution in [2.24, 2.45) is 28.3 Å². The minimum Gasteiger partial charge on any atom is -0.508 e. The lowest BCUT2D eigenvalue weighted by Crippen LogP contribution is -2.61. The molecule has 9 amide bonds. The molecule has 1 aliphatic heterocycles. The number of hydrogen-bond acceptors (Lipinski definition) is 20. The van der Waals surface area contributed by atoms with E-state index in [1.54, 1.807) is 89.3 Å². The number of carboxylic acids is 4. The number of nitrogens with zero attached hydrogens (tertiary/aromatic N) is 4. The molecule has 0 unspecified atom stereocenters. The highest BCUT2D eigenvalue weighted by Gasteiger charge is 2.38. The number of phenolic OH excluding ortho intramolecular Hbond substituents is 1. The van der Waals surface area contributed by atoms with Gasteiger partial charge in [0.2, 0.25) is 53.2 Å². The van der Waals surface area contributed by atoms with Gasteiger partial charge in [0.25, 0.3) is 0 Å². The molecule has 108 heavy (non-hydrogen) atoms. The number of fused-ring (bicyclic) bond motifs is 1. The Labute approximate surface area is 623 Å². The van der Waals surface area contributed by atoms with Gasteiger partial charge in [-0.1, -0.05) is 107 Å². The van der Waals surface area contributed by atoms with Crippen molar-refractivity contribution in [3.63, 3.8) is 0 Å². The van der Waals surface area contributed by atoms with Gasteiger partial charge in [-0.2, -0.15) is 0 Å². The molecule has 36 heteroatoms. The summed E-state index contributed by atoms with van der Waals surface area (Å²) in [5, 5.41) is 93.4. The van der Waals surface area contributed by atoms with Gasteiger partial charge in [0.1, 0.15) is 60.1 Å². The molecule has 6 rings (SSSR count). The van der Waals surface area contributed by atoms with Gasteiger partial charge in [0.15, 0.2) is 5.96 Å². The van der Waals surface area contributed by atoms with Crippen LogP contribution in [0.3, 0.4) is 0 Å². The summed E-state index contributed by atoms with van der Waals surface area (Å²) in [7, 11) is 0. The first-order valence-electron chi connectivity index (χ1n) is 35.9. The van der Waals surface area contributed by atoms with Gasteiger partial charge in [0, 0.05) is 82.2 Å². The van der Waals surface area contributed by atoms with E-state index in [0.717, 1.165) is 19.3 Å². The highest BCUT2D eigenvalue weighted by Crippen LogP contribution is 2.28. The third-order valence-electron chi connectivity index (χ3n) is 18.4. The first kappa shape index (κ1) is 86.1. The fourth-order valence-corrected chi connectivity index (χ4v) is 12.8. The Morgan fingerprint density at radius 1 is 0.491 bits per heavy atom. The second-order valence-corrected chi connectivity index (χ2v) is 27.5.